The zero-order chi connectivity index (χ0) is 4.12. The highest BCUT2D eigenvalue weighted by molar-refractivity contribution is 6.34. The molecule has 0 heterocycles. The lowest BCUT2D eigenvalue weighted by molar-refractivity contribution is 0.824. The lowest BCUT2D eigenvalue weighted by Gasteiger charge is -1.74. The largest absolute Gasteiger partial charge is 0.412 e. The van der Waals surface area contributed by atoms with E-state index in [1.54, 1.807) is 0 Å². The minimum atomic E-state index is 0. The van der Waals surface area contributed by atoms with Gasteiger partial charge >= 0.3 is 0 Å². The fourth-order valence-electron chi connectivity index (χ4n) is 0.289. The molecule has 0 aliphatic carbocycles. The molecule has 1 radical (unpaired) electrons. The summed E-state index contributed by atoms with van der Waals surface area (Å²) in [6.45, 7) is 4.50. The Kier molecular flexibility index (Phi) is 14.7. The predicted molar refractivity (Wildman–Crippen MR) is 30.3 cm³/mol. The molecule has 2 heteroatoms. The maximum Gasteiger partial charge on any atom is 0.198 e. The van der Waals surface area contributed by atoms with Crippen LogP contribution in [0.1, 0.15) is 13.8 Å². The van der Waals surface area contributed by atoms with Gasteiger partial charge in [-0.15, -0.1) is 10.6 Å². The molecule has 6 heavy (non-hydrogen) atoms. The second kappa shape index (κ2) is 9.09. The van der Waals surface area contributed by atoms with Gasteiger partial charge in [-0.1, -0.05) is 13.8 Å². The zero-order valence-electron chi connectivity index (χ0n) is 4.49. The summed E-state index contributed by atoms with van der Waals surface area (Å²) in [6, 6.07) is 0. The fourth-order valence-corrected chi connectivity index (χ4v) is 0.866. The third kappa shape index (κ3) is 8.82. The highest BCUT2D eigenvalue weighted by Gasteiger charge is 1.74. The molecule has 37 valence electrons. The standard InChI is InChI=1S/2C2H5.Al.H2O/c2*1-2;;/h2*1H2,2H3;;1H2. The number of rotatable bonds is 2. The van der Waals surface area contributed by atoms with E-state index in [1.165, 1.54) is 10.6 Å². The maximum atomic E-state index is 2.25. The lowest BCUT2D eigenvalue weighted by atomic mass is 10.9. The first-order valence-electron chi connectivity index (χ1n) is 2.23. The van der Waals surface area contributed by atoms with Crippen LogP contribution in [0.5, 0.6) is 0 Å². The van der Waals surface area contributed by atoms with E-state index in [0.717, 1.165) is 15.2 Å². The molecule has 0 aliphatic heterocycles. The summed E-state index contributed by atoms with van der Waals surface area (Å²) >= 11 is 0.815. The second-order valence-corrected chi connectivity index (χ2v) is 3.32. The smallest absolute Gasteiger partial charge is 0.198 e. The molecule has 0 fully saturated rings. The molecule has 0 aromatic carbocycles. The third-order valence-corrected chi connectivity index (χ3v) is 1.73. The van der Waals surface area contributed by atoms with Crippen LogP contribution in [-0.2, 0) is 0 Å². The van der Waals surface area contributed by atoms with Gasteiger partial charge in [0, 0.05) is 0 Å². The van der Waals surface area contributed by atoms with Gasteiger partial charge in [0.1, 0.15) is 0 Å². The van der Waals surface area contributed by atoms with Crippen molar-refractivity contribution in [1.29, 1.82) is 0 Å². The average Bonchev–Trinajstić information content (AvgIpc) is 1.41. The van der Waals surface area contributed by atoms with Gasteiger partial charge in [-0.3, -0.25) is 0 Å². The Hall–Kier alpha value is 0.492. The van der Waals surface area contributed by atoms with E-state index in [1.807, 2.05) is 0 Å². The summed E-state index contributed by atoms with van der Waals surface area (Å²) in [5.41, 5.74) is 0. The molecule has 0 amide bonds. The van der Waals surface area contributed by atoms with Crippen molar-refractivity contribution in [1.82, 2.24) is 0 Å². The van der Waals surface area contributed by atoms with Gasteiger partial charge in [0.2, 0.25) is 0 Å². The molecule has 0 unspecified atom stereocenters. The molecule has 0 spiro atoms. The van der Waals surface area contributed by atoms with Gasteiger partial charge in [0.25, 0.3) is 0 Å². The number of hydrogen-bond acceptors (Lipinski definition) is 0. The summed E-state index contributed by atoms with van der Waals surface area (Å²) in [4.78, 5) is 0. The van der Waals surface area contributed by atoms with E-state index in [-0.39, 0.29) is 5.48 Å². The van der Waals surface area contributed by atoms with E-state index < -0.39 is 0 Å². The summed E-state index contributed by atoms with van der Waals surface area (Å²) in [5.74, 6) is 0. The monoisotopic (exact) mass is 103 g/mol. The Morgan fingerprint density at radius 3 is 1.50 bits per heavy atom. The van der Waals surface area contributed by atoms with Crippen molar-refractivity contribution < 1.29 is 5.48 Å². The van der Waals surface area contributed by atoms with Crippen LogP contribution in [0.15, 0.2) is 0 Å². The Balaban J connectivity index is 0. The highest BCUT2D eigenvalue weighted by atomic mass is 27.1. The van der Waals surface area contributed by atoms with Gasteiger partial charge in [0.05, 0.1) is 0 Å². The summed E-state index contributed by atoms with van der Waals surface area (Å²) in [5, 5.41) is 2.85. The van der Waals surface area contributed by atoms with Crippen LogP contribution in [0.2, 0.25) is 10.6 Å². The number of hydrogen-bond donors (Lipinski definition) is 0. The lowest BCUT2D eigenvalue weighted by Crippen LogP contribution is -1.76. The Bertz CT molecular complexity index is 15.0. The van der Waals surface area contributed by atoms with Crippen LogP contribution in [0.3, 0.4) is 0 Å². The average molecular weight is 103 g/mol. The zero-order valence-corrected chi connectivity index (χ0v) is 5.65. The molecule has 0 bridgehead atoms. The minimum Gasteiger partial charge on any atom is -0.412 e. The highest BCUT2D eigenvalue weighted by Crippen LogP contribution is 1.77. The van der Waals surface area contributed by atoms with Crippen molar-refractivity contribution in [3.8, 4) is 0 Å². The summed E-state index contributed by atoms with van der Waals surface area (Å²) < 4.78 is 0. The van der Waals surface area contributed by atoms with Crippen molar-refractivity contribution in [2.45, 2.75) is 24.4 Å². The molecular formula is C4H12AlO. The van der Waals surface area contributed by atoms with E-state index in [2.05, 4.69) is 13.8 Å². The second-order valence-electron chi connectivity index (χ2n) is 1.11. The van der Waals surface area contributed by atoms with Crippen LogP contribution < -0.4 is 0 Å². The Labute approximate surface area is 45.8 Å². The normalized spacial score (nSPS) is 6.33. The molecule has 0 saturated carbocycles. The topological polar surface area (TPSA) is 31.5 Å². The first-order valence-corrected chi connectivity index (χ1v) is 3.86. The summed E-state index contributed by atoms with van der Waals surface area (Å²) in [7, 11) is 0. The summed E-state index contributed by atoms with van der Waals surface area (Å²) in [6.07, 6.45) is 0. The van der Waals surface area contributed by atoms with Crippen LogP contribution >= 0.6 is 0 Å². The first-order chi connectivity index (χ1) is 2.41. The molecule has 2 N–H and O–H groups in total. The Morgan fingerprint density at radius 1 is 1.17 bits per heavy atom. The van der Waals surface area contributed by atoms with Gasteiger partial charge < -0.3 is 5.48 Å². The molecule has 0 rings (SSSR count). The maximum absolute atomic E-state index is 2.25. The van der Waals surface area contributed by atoms with Crippen molar-refractivity contribution >= 4 is 15.2 Å². The van der Waals surface area contributed by atoms with E-state index in [4.69, 9.17) is 0 Å². The van der Waals surface area contributed by atoms with E-state index in [0.29, 0.717) is 0 Å². The Morgan fingerprint density at radius 2 is 1.50 bits per heavy atom. The molecule has 0 aliphatic rings. The predicted octanol–water partition coefficient (Wildman–Crippen LogP) is 0.742. The molecule has 0 aromatic heterocycles. The third-order valence-electron chi connectivity index (χ3n) is 0.577. The van der Waals surface area contributed by atoms with Crippen LogP contribution in [-0.4, -0.2) is 20.7 Å². The quantitative estimate of drug-likeness (QED) is 0.462. The van der Waals surface area contributed by atoms with Gasteiger partial charge in [0.15, 0.2) is 15.2 Å². The van der Waals surface area contributed by atoms with E-state index in [9.17, 15) is 0 Å². The van der Waals surface area contributed by atoms with Crippen molar-refractivity contribution in [3.63, 3.8) is 0 Å². The van der Waals surface area contributed by atoms with Crippen LogP contribution in [0.4, 0.5) is 0 Å². The van der Waals surface area contributed by atoms with Crippen LogP contribution in [0.25, 0.3) is 0 Å². The van der Waals surface area contributed by atoms with Gasteiger partial charge in [-0.25, -0.2) is 0 Å². The molecule has 1 nitrogen and oxygen atoms in total. The SMILES string of the molecule is C[CH2][Al][CH2]C.O. The van der Waals surface area contributed by atoms with Crippen molar-refractivity contribution in [3.05, 3.63) is 0 Å². The molecule has 0 saturated heterocycles. The molecular weight excluding hydrogens is 91.0 g/mol. The van der Waals surface area contributed by atoms with Crippen molar-refractivity contribution in [2.24, 2.45) is 0 Å². The molecule has 0 atom stereocenters. The first kappa shape index (κ1) is 9.70. The van der Waals surface area contributed by atoms with Gasteiger partial charge in [-0.2, -0.15) is 0 Å². The van der Waals surface area contributed by atoms with Gasteiger partial charge in [-0.05, 0) is 0 Å². The fraction of sp³-hybridized carbons (Fsp3) is 1.00. The minimum absolute atomic E-state index is 0. The van der Waals surface area contributed by atoms with E-state index >= 15 is 0 Å². The molecule has 0 aromatic rings. The van der Waals surface area contributed by atoms with Crippen molar-refractivity contribution in [2.75, 3.05) is 0 Å². The van der Waals surface area contributed by atoms with Crippen LogP contribution in [0, 0.1) is 0 Å².